The average molecular weight is 437 g/mol. The number of ether oxygens (including phenoxy) is 2. The van der Waals surface area contributed by atoms with Crippen molar-refractivity contribution in [1.29, 1.82) is 0 Å². The molecule has 7 nitrogen and oxygen atoms in total. The van der Waals surface area contributed by atoms with Crippen LogP contribution < -0.4 is 10.1 Å². The molecule has 1 aliphatic heterocycles. The Morgan fingerprint density at radius 3 is 2.31 bits per heavy atom. The fraction of sp³-hybridized carbons (Fsp3) is 0.320. The Balaban J connectivity index is 2.04. The average Bonchev–Trinajstić information content (AvgIpc) is 2.74. The minimum Gasteiger partial charge on any atom is -0.491 e. The molecule has 32 heavy (non-hydrogen) atoms. The Morgan fingerprint density at radius 2 is 1.72 bits per heavy atom. The third-order valence-electron chi connectivity index (χ3n) is 4.98. The van der Waals surface area contributed by atoms with Crippen LogP contribution in [0.3, 0.4) is 0 Å². The van der Waals surface area contributed by atoms with Crippen LogP contribution in [0, 0.1) is 0 Å². The van der Waals surface area contributed by atoms with Gasteiger partial charge in [0.25, 0.3) is 0 Å². The largest absolute Gasteiger partial charge is 0.491 e. The predicted molar refractivity (Wildman–Crippen MR) is 120 cm³/mol. The van der Waals surface area contributed by atoms with Gasteiger partial charge in [-0.1, -0.05) is 42.5 Å². The molecule has 3 amide bonds. The maximum Gasteiger partial charge on any atom is 0.338 e. The van der Waals surface area contributed by atoms with Gasteiger partial charge < -0.3 is 14.8 Å². The number of imide groups is 1. The number of hydrogen-bond donors (Lipinski definition) is 1. The summed E-state index contributed by atoms with van der Waals surface area (Å²) in [6.45, 7) is 7.37. The first-order valence-corrected chi connectivity index (χ1v) is 10.6. The number of carbonyl (C=O) groups is 3. The van der Waals surface area contributed by atoms with E-state index >= 15 is 0 Å². The fourth-order valence-corrected chi connectivity index (χ4v) is 3.64. The molecule has 0 saturated carbocycles. The first kappa shape index (κ1) is 23.1. The number of nitrogens with zero attached hydrogens (tertiary/aromatic N) is 1. The van der Waals surface area contributed by atoms with Crippen molar-refractivity contribution < 1.29 is 23.9 Å². The zero-order valence-electron chi connectivity index (χ0n) is 18.8. The van der Waals surface area contributed by atoms with Gasteiger partial charge in [0.1, 0.15) is 11.8 Å². The summed E-state index contributed by atoms with van der Waals surface area (Å²) in [6, 6.07) is 14.7. The highest BCUT2D eigenvalue weighted by atomic mass is 16.5. The molecule has 3 rings (SSSR count). The zero-order chi connectivity index (χ0) is 23.3. The van der Waals surface area contributed by atoms with Gasteiger partial charge in [-0.05, 0) is 51.0 Å². The van der Waals surface area contributed by atoms with Crippen LogP contribution in [0.25, 0.3) is 0 Å². The van der Waals surface area contributed by atoms with Crippen LogP contribution in [0.1, 0.15) is 44.9 Å². The second kappa shape index (κ2) is 10.1. The van der Waals surface area contributed by atoms with Gasteiger partial charge in [-0.3, -0.25) is 9.69 Å². The molecule has 0 spiro atoms. The number of hydrogen-bond acceptors (Lipinski definition) is 5. The van der Waals surface area contributed by atoms with E-state index in [9.17, 15) is 14.4 Å². The van der Waals surface area contributed by atoms with Crippen molar-refractivity contribution >= 4 is 17.9 Å². The van der Waals surface area contributed by atoms with Crippen LogP contribution in [-0.2, 0) is 20.7 Å². The Kier molecular flexibility index (Phi) is 7.30. The molecule has 0 bridgehead atoms. The highest BCUT2D eigenvalue weighted by Crippen LogP contribution is 2.35. The number of urea groups is 1. The summed E-state index contributed by atoms with van der Waals surface area (Å²) in [7, 11) is 0. The maximum absolute atomic E-state index is 13.3. The number of allylic oxidation sites excluding steroid dienone is 1. The molecular weight excluding hydrogens is 408 g/mol. The molecule has 0 aliphatic carbocycles. The van der Waals surface area contributed by atoms with E-state index in [0.29, 0.717) is 17.0 Å². The van der Waals surface area contributed by atoms with Crippen LogP contribution >= 0.6 is 0 Å². The first-order chi connectivity index (χ1) is 15.3. The Morgan fingerprint density at radius 1 is 1.06 bits per heavy atom. The molecule has 7 heteroatoms. The predicted octanol–water partition coefficient (Wildman–Crippen LogP) is 4.15. The van der Waals surface area contributed by atoms with Crippen LogP contribution in [0.4, 0.5) is 4.79 Å². The topological polar surface area (TPSA) is 84.9 Å². The summed E-state index contributed by atoms with van der Waals surface area (Å²) in [5.41, 5.74) is 1.98. The van der Waals surface area contributed by atoms with Gasteiger partial charge in [0.05, 0.1) is 24.7 Å². The number of nitrogens with one attached hydrogen (secondary N) is 1. The molecule has 0 radical (unpaired) electrons. The van der Waals surface area contributed by atoms with E-state index < -0.39 is 23.9 Å². The molecule has 0 aromatic heterocycles. The summed E-state index contributed by atoms with van der Waals surface area (Å²) >= 11 is 0. The minimum absolute atomic E-state index is 0.00231. The lowest BCUT2D eigenvalue weighted by molar-refractivity contribution is -0.140. The van der Waals surface area contributed by atoms with Gasteiger partial charge in [0.2, 0.25) is 5.91 Å². The summed E-state index contributed by atoms with van der Waals surface area (Å²) in [4.78, 5) is 40.2. The molecule has 2 aromatic rings. The first-order valence-electron chi connectivity index (χ1n) is 10.6. The number of rotatable bonds is 7. The van der Waals surface area contributed by atoms with Gasteiger partial charge in [-0.15, -0.1) is 0 Å². The van der Waals surface area contributed by atoms with E-state index in [1.165, 1.54) is 0 Å². The highest BCUT2D eigenvalue weighted by molar-refractivity contribution is 6.02. The van der Waals surface area contributed by atoms with Gasteiger partial charge >= 0.3 is 12.0 Å². The third kappa shape index (κ3) is 5.17. The molecule has 1 atom stereocenters. The normalized spacial score (nSPS) is 16.1. The van der Waals surface area contributed by atoms with Gasteiger partial charge in [0, 0.05) is 5.70 Å². The molecule has 1 aliphatic rings. The monoisotopic (exact) mass is 436 g/mol. The second-order valence-corrected chi connectivity index (χ2v) is 7.75. The molecule has 168 valence electrons. The maximum atomic E-state index is 13.3. The third-order valence-corrected chi connectivity index (χ3v) is 4.98. The zero-order valence-corrected chi connectivity index (χ0v) is 18.8. The number of benzene rings is 2. The van der Waals surface area contributed by atoms with Crippen LogP contribution in [-0.4, -0.2) is 35.5 Å². The molecule has 1 N–H and O–H groups in total. The molecule has 1 heterocycles. The van der Waals surface area contributed by atoms with Crippen molar-refractivity contribution in [3.8, 4) is 5.75 Å². The van der Waals surface area contributed by atoms with Crippen molar-refractivity contribution in [2.45, 2.75) is 46.3 Å². The summed E-state index contributed by atoms with van der Waals surface area (Å²) in [5, 5.41) is 2.64. The van der Waals surface area contributed by atoms with Crippen LogP contribution in [0.15, 0.2) is 65.9 Å². The molecule has 2 aromatic carbocycles. The van der Waals surface area contributed by atoms with Crippen LogP contribution in [0.5, 0.6) is 5.75 Å². The van der Waals surface area contributed by atoms with Gasteiger partial charge in [-0.2, -0.15) is 0 Å². The van der Waals surface area contributed by atoms with Gasteiger partial charge in [0.15, 0.2) is 0 Å². The molecule has 0 unspecified atom stereocenters. The number of esters is 1. The lowest BCUT2D eigenvalue weighted by Crippen LogP contribution is -2.51. The SMILES string of the molecule is CCOC(=O)C1=C(C)NC(=O)N(C(=O)Cc2ccccc2)[C@H]1c1ccc(OC(C)C)cc1. The van der Waals surface area contributed by atoms with E-state index in [1.54, 1.807) is 38.1 Å². The van der Waals surface area contributed by atoms with E-state index in [1.807, 2.05) is 44.2 Å². The Labute approximate surface area is 188 Å². The Hall–Kier alpha value is -3.61. The fourth-order valence-electron chi connectivity index (χ4n) is 3.64. The number of carbonyl (C=O) groups excluding carboxylic acids is 3. The Bertz CT molecular complexity index is 1010. The summed E-state index contributed by atoms with van der Waals surface area (Å²) in [5.74, 6) is -0.338. The van der Waals surface area contributed by atoms with E-state index in [0.717, 1.165) is 10.5 Å². The van der Waals surface area contributed by atoms with Crippen LogP contribution in [0.2, 0.25) is 0 Å². The lowest BCUT2D eigenvalue weighted by Gasteiger charge is -2.36. The van der Waals surface area contributed by atoms with Crippen molar-refractivity contribution in [2.24, 2.45) is 0 Å². The van der Waals surface area contributed by atoms with Gasteiger partial charge in [-0.25, -0.2) is 9.59 Å². The smallest absolute Gasteiger partial charge is 0.338 e. The van der Waals surface area contributed by atoms with E-state index in [-0.39, 0.29) is 24.7 Å². The van der Waals surface area contributed by atoms with E-state index in [4.69, 9.17) is 9.47 Å². The minimum atomic E-state index is -0.910. The van der Waals surface area contributed by atoms with Crippen molar-refractivity contribution in [1.82, 2.24) is 10.2 Å². The van der Waals surface area contributed by atoms with Crippen molar-refractivity contribution in [3.63, 3.8) is 0 Å². The van der Waals surface area contributed by atoms with Crippen molar-refractivity contribution in [2.75, 3.05) is 6.61 Å². The van der Waals surface area contributed by atoms with E-state index in [2.05, 4.69) is 5.32 Å². The van der Waals surface area contributed by atoms with Crippen molar-refractivity contribution in [3.05, 3.63) is 77.0 Å². The quantitative estimate of drug-likeness (QED) is 0.659. The second-order valence-electron chi connectivity index (χ2n) is 7.75. The standard InChI is InChI=1S/C25H28N2O5/c1-5-31-24(29)22-17(4)26-25(30)27(21(28)15-18-9-7-6-8-10-18)23(22)19-11-13-20(14-12-19)32-16(2)3/h6-14,16,23H,5,15H2,1-4H3,(H,26,30)/t23-/m0/s1. The number of amides is 3. The lowest BCUT2D eigenvalue weighted by atomic mass is 9.93. The molecular formula is C25H28N2O5. The molecule has 0 fully saturated rings. The summed E-state index contributed by atoms with van der Waals surface area (Å²) in [6.07, 6.45) is 0.0246. The summed E-state index contributed by atoms with van der Waals surface area (Å²) < 4.78 is 11.0. The molecule has 0 saturated heterocycles. The highest BCUT2D eigenvalue weighted by Gasteiger charge is 2.41.